The van der Waals surface area contributed by atoms with Gasteiger partial charge in [-0.1, -0.05) is 12.1 Å². The number of hydrogen-bond acceptors (Lipinski definition) is 17. The lowest BCUT2D eigenvalue weighted by molar-refractivity contribution is -0.136. The van der Waals surface area contributed by atoms with Gasteiger partial charge in [-0.25, -0.2) is 4.98 Å². The van der Waals surface area contributed by atoms with E-state index in [2.05, 4.69) is 41.5 Å². The van der Waals surface area contributed by atoms with Gasteiger partial charge in [-0.05, 0) is 75.2 Å². The van der Waals surface area contributed by atoms with Gasteiger partial charge in [-0.15, -0.1) is 11.3 Å². The average Bonchev–Trinajstić information content (AvgIpc) is 3.95. The number of imide groups is 2. The number of ether oxygens (including phenoxy) is 4. The quantitative estimate of drug-likeness (QED) is 0.0446. The van der Waals surface area contributed by atoms with Crippen LogP contribution in [0.2, 0.25) is 0 Å². The summed E-state index contributed by atoms with van der Waals surface area (Å²) in [6.45, 7) is 4.40. The first-order valence-corrected chi connectivity index (χ1v) is 24.6. The van der Waals surface area contributed by atoms with Crippen LogP contribution in [-0.2, 0) is 33.4 Å². The summed E-state index contributed by atoms with van der Waals surface area (Å²) in [6.07, 6.45) is 4.01. The molecule has 2 aromatic carbocycles. The van der Waals surface area contributed by atoms with Crippen LogP contribution >= 0.6 is 11.3 Å². The summed E-state index contributed by atoms with van der Waals surface area (Å²) < 4.78 is 22.2. The van der Waals surface area contributed by atoms with E-state index in [0.29, 0.717) is 54.8 Å². The predicted octanol–water partition coefficient (Wildman–Crippen LogP) is 2.19. The van der Waals surface area contributed by atoms with Crippen molar-refractivity contribution < 1.29 is 57.3 Å². The Bertz CT molecular complexity index is 2590. The number of aromatic nitrogens is 2. The number of pyridine rings is 1. The van der Waals surface area contributed by atoms with E-state index in [4.69, 9.17) is 18.9 Å². The minimum absolute atomic E-state index is 0.0476. The minimum Gasteiger partial charge on any atom is -0.484 e. The molecule has 5 heterocycles. The zero-order valence-corrected chi connectivity index (χ0v) is 40.7. The summed E-state index contributed by atoms with van der Waals surface area (Å²) in [6, 6.07) is 13.9. The first-order valence-electron chi connectivity index (χ1n) is 23.7. The van der Waals surface area contributed by atoms with Crippen molar-refractivity contribution in [2.45, 2.75) is 38.1 Å². The maximum absolute atomic E-state index is 13.5. The average molecular weight is 1010 g/mol. The monoisotopic (exact) mass is 1010 g/mol. The molecular weight excluding hydrogens is 953 g/mol. The van der Waals surface area contributed by atoms with Gasteiger partial charge in [-0.2, -0.15) is 0 Å². The van der Waals surface area contributed by atoms with E-state index in [9.17, 15) is 38.4 Å². The lowest BCUT2D eigenvalue weighted by atomic mass is 10.0. The molecule has 8 amide bonds. The molecule has 0 saturated carbocycles. The normalized spacial score (nSPS) is 15.8. The Labute approximate surface area is 419 Å². The fourth-order valence-corrected chi connectivity index (χ4v) is 8.62. The lowest BCUT2D eigenvalue weighted by Crippen LogP contribution is -2.54. The maximum Gasteiger partial charge on any atom is 0.264 e. The van der Waals surface area contributed by atoms with Gasteiger partial charge in [0.05, 0.1) is 49.9 Å². The van der Waals surface area contributed by atoms with Gasteiger partial charge in [0.25, 0.3) is 29.5 Å². The molecule has 3 aliphatic rings. The zero-order chi connectivity index (χ0) is 50.8. The molecule has 2 saturated heterocycles. The number of piperazine rings is 1. The third kappa shape index (κ3) is 14.7. The van der Waals surface area contributed by atoms with Gasteiger partial charge in [0.15, 0.2) is 11.7 Å². The number of unbranched alkanes of at least 4 members (excludes halogenated alkanes) is 2. The molecule has 5 N–H and O–H groups in total. The van der Waals surface area contributed by atoms with Crippen LogP contribution in [0.25, 0.3) is 11.4 Å². The number of piperidine rings is 1. The first-order chi connectivity index (χ1) is 34.9. The van der Waals surface area contributed by atoms with E-state index in [0.717, 1.165) is 30.8 Å². The van der Waals surface area contributed by atoms with Gasteiger partial charge < -0.3 is 44.7 Å². The molecular formula is C49H58N10O12S. The highest BCUT2D eigenvalue weighted by molar-refractivity contribution is 7.14. The Morgan fingerprint density at radius 1 is 0.764 bits per heavy atom. The smallest absolute Gasteiger partial charge is 0.264 e. The van der Waals surface area contributed by atoms with Crippen molar-refractivity contribution in [2.24, 2.45) is 0 Å². The largest absolute Gasteiger partial charge is 0.484 e. The summed E-state index contributed by atoms with van der Waals surface area (Å²) in [5, 5.41) is 15.9. The highest BCUT2D eigenvalue weighted by Crippen LogP contribution is 2.32. The van der Waals surface area contributed by atoms with Crippen LogP contribution < -0.4 is 31.3 Å². The minimum atomic E-state index is -1.03. The summed E-state index contributed by atoms with van der Waals surface area (Å²) >= 11 is 1.24. The van der Waals surface area contributed by atoms with Crippen LogP contribution in [0.4, 0.5) is 10.8 Å². The lowest BCUT2D eigenvalue weighted by Gasteiger charge is -2.32. The molecule has 0 radical (unpaired) electrons. The molecule has 72 heavy (non-hydrogen) atoms. The molecule has 22 nitrogen and oxygen atoms in total. The number of carbonyl (C=O) groups excluding carboxylic acids is 8. The number of hydrogen-bond donors (Lipinski definition) is 5. The Morgan fingerprint density at radius 2 is 1.50 bits per heavy atom. The van der Waals surface area contributed by atoms with Crippen LogP contribution in [-0.4, -0.2) is 177 Å². The van der Waals surface area contributed by atoms with Crippen molar-refractivity contribution in [3.05, 3.63) is 88.4 Å². The number of rotatable bonds is 26. The number of likely N-dealkylation sites (N-methyl/N-ethyl adjacent to an activating group) is 1. The fraction of sp³-hybridized carbons (Fsp3) is 0.429. The number of benzene rings is 2. The molecule has 0 spiro atoms. The Hall–Kier alpha value is -7.18. The molecule has 3 aliphatic heterocycles. The molecule has 2 aromatic heterocycles. The number of nitrogens with zero attached hydrogens (tertiary/aromatic N) is 5. The van der Waals surface area contributed by atoms with E-state index < -0.39 is 41.5 Å². The van der Waals surface area contributed by atoms with Crippen LogP contribution in [0, 0.1) is 0 Å². The second-order valence-corrected chi connectivity index (χ2v) is 17.8. The second kappa shape index (κ2) is 26.3. The van der Waals surface area contributed by atoms with Crippen molar-refractivity contribution in [1.82, 2.24) is 40.6 Å². The molecule has 2 fully saturated rings. The van der Waals surface area contributed by atoms with E-state index in [-0.39, 0.29) is 105 Å². The Balaban J connectivity index is 0.712. The van der Waals surface area contributed by atoms with Gasteiger partial charge in [0.2, 0.25) is 17.7 Å². The molecule has 1 atom stereocenters. The Kier molecular flexibility index (Phi) is 19.2. The molecule has 0 bridgehead atoms. The van der Waals surface area contributed by atoms with Crippen LogP contribution in [0.15, 0.2) is 66.2 Å². The number of nitrogens with one attached hydrogen (secondary N) is 5. The standard InChI is InChI=1S/C49H58N10O12S/c1-57-17-19-58(20-18-57)46(65)33-26-32(44(63)56-49-54-38(31-72-49)36-9-3-6-14-50-36)27-34(28-33)71-30-42(62)53-16-21-68-22-23-69-24-25-70-29-41(61)52-15-5-2-4-13-51-37-10-7-8-35-43(37)48(67)59(47(35)66)39-11-12-40(60)55-45(39)64/h3,6-10,14,26-28,31,39,51H,2,4-5,11-13,15-25,29-30H2,1H3,(H,52,61)(H,53,62)(H,54,56,63)(H,55,60,64). The molecule has 7 rings (SSSR count). The SMILES string of the molecule is CN1CCN(C(=O)c2cc(OCC(=O)NCCOCCOCCOCC(=O)NCCCCCNc3cccc4c3C(=O)N(C3CCC(=O)NC3=O)C4=O)cc(C(=O)Nc3nc(-c4ccccn4)cs3)c2)CC1. The maximum atomic E-state index is 13.5. The molecule has 23 heteroatoms. The Morgan fingerprint density at radius 3 is 2.28 bits per heavy atom. The third-order valence-corrected chi connectivity index (χ3v) is 12.5. The zero-order valence-electron chi connectivity index (χ0n) is 39.9. The van der Waals surface area contributed by atoms with Gasteiger partial charge in [0.1, 0.15) is 24.1 Å². The summed E-state index contributed by atoms with van der Waals surface area (Å²) in [4.78, 5) is 116. The van der Waals surface area contributed by atoms with E-state index >= 15 is 0 Å². The van der Waals surface area contributed by atoms with Gasteiger partial charge in [-0.3, -0.25) is 58.9 Å². The molecule has 382 valence electrons. The highest BCUT2D eigenvalue weighted by atomic mass is 32.1. The number of anilines is 2. The fourth-order valence-electron chi connectivity index (χ4n) is 7.92. The van der Waals surface area contributed by atoms with Crippen molar-refractivity contribution in [3.8, 4) is 17.1 Å². The van der Waals surface area contributed by atoms with Crippen LogP contribution in [0.3, 0.4) is 0 Å². The number of thiazole rings is 1. The molecule has 1 unspecified atom stereocenters. The number of carbonyl (C=O) groups is 8. The first kappa shape index (κ1) is 52.6. The van der Waals surface area contributed by atoms with Crippen molar-refractivity contribution >= 4 is 69.4 Å². The van der Waals surface area contributed by atoms with E-state index in [1.54, 1.807) is 40.7 Å². The van der Waals surface area contributed by atoms with E-state index in [1.807, 2.05) is 19.2 Å². The highest BCUT2D eigenvalue weighted by Gasteiger charge is 2.45. The van der Waals surface area contributed by atoms with Crippen molar-refractivity contribution in [1.29, 1.82) is 0 Å². The predicted molar refractivity (Wildman–Crippen MR) is 263 cm³/mol. The summed E-state index contributed by atoms with van der Waals surface area (Å²) in [7, 11) is 1.99. The van der Waals surface area contributed by atoms with Crippen molar-refractivity contribution in [2.75, 3.05) is 110 Å². The summed E-state index contributed by atoms with van der Waals surface area (Å²) in [5.41, 5.74) is 2.62. The molecule has 4 aromatic rings. The number of amides is 8. The van der Waals surface area contributed by atoms with Crippen LogP contribution in [0.5, 0.6) is 5.75 Å². The van der Waals surface area contributed by atoms with Crippen LogP contribution in [0.1, 0.15) is 73.5 Å². The van der Waals surface area contributed by atoms with Crippen molar-refractivity contribution in [3.63, 3.8) is 0 Å². The van der Waals surface area contributed by atoms with E-state index in [1.165, 1.54) is 29.5 Å². The second-order valence-electron chi connectivity index (χ2n) is 17.0. The van der Waals surface area contributed by atoms with Gasteiger partial charge in [0, 0.05) is 80.6 Å². The molecule has 0 aliphatic carbocycles. The summed E-state index contributed by atoms with van der Waals surface area (Å²) in [5.74, 6) is -3.46. The third-order valence-electron chi connectivity index (χ3n) is 11.7. The topological polar surface area (TPSA) is 269 Å². The van der Waals surface area contributed by atoms with Gasteiger partial charge >= 0.3 is 0 Å². The number of fused-ring (bicyclic) bond motifs is 1.